The maximum atomic E-state index is 12.4. The molecular formula is C18H24N2O5. The number of nitrogens with zero attached hydrogens (tertiary/aromatic N) is 1. The van der Waals surface area contributed by atoms with Crippen molar-refractivity contribution < 1.29 is 24.2 Å². The minimum absolute atomic E-state index is 0.0730. The number of benzene rings is 1. The van der Waals surface area contributed by atoms with Crippen LogP contribution in [0, 0.1) is 5.92 Å². The molecule has 1 aromatic rings. The Hall–Kier alpha value is -2.12. The Morgan fingerprint density at radius 2 is 2.24 bits per heavy atom. The average molecular weight is 348 g/mol. The van der Waals surface area contributed by atoms with Gasteiger partial charge in [-0.05, 0) is 37.0 Å². The van der Waals surface area contributed by atoms with Crippen LogP contribution in [-0.4, -0.2) is 67.4 Å². The van der Waals surface area contributed by atoms with E-state index in [0.717, 1.165) is 12.8 Å². The lowest BCUT2D eigenvalue weighted by molar-refractivity contribution is -0.166. The van der Waals surface area contributed by atoms with Crippen LogP contribution in [0.5, 0.6) is 5.75 Å². The van der Waals surface area contributed by atoms with E-state index in [1.807, 2.05) is 0 Å². The van der Waals surface area contributed by atoms with Gasteiger partial charge in [-0.3, -0.25) is 9.59 Å². The summed E-state index contributed by atoms with van der Waals surface area (Å²) in [4.78, 5) is 25.6. The largest absolute Gasteiger partial charge is 0.508 e. The number of hydrogen-bond donors (Lipinski definition) is 2. The Bertz CT molecular complexity index is 632. The fourth-order valence-electron chi connectivity index (χ4n) is 3.38. The third-order valence-corrected chi connectivity index (χ3v) is 4.84. The molecule has 0 bridgehead atoms. The van der Waals surface area contributed by atoms with Gasteiger partial charge >= 0.3 is 0 Å². The Labute approximate surface area is 146 Å². The molecule has 1 atom stereocenters. The summed E-state index contributed by atoms with van der Waals surface area (Å²) < 4.78 is 10.8. The number of carbonyl (C=O) groups is 2. The lowest BCUT2D eigenvalue weighted by Crippen LogP contribution is -2.66. The Kier molecular flexibility index (Phi) is 5.24. The van der Waals surface area contributed by atoms with Crippen molar-refractivity contribution in [2.45, 2.75) is 18.4 Å². The van der Waals surface area contributed by atoms with Crippen LogP contribution in [-0.2, 0) is 14.3 Å². The van der Waals surface area contributed by atoms with E-state index in [4.69, 9.17) is 9.47 Å². The van der Waals surface area contributed by atoms with Crippen LogP contribution in [0.2, 0.25) is 0 Å². The molecule has 2 N–H and O–H groups in total. The van der Waals surface area contributed by atoms with Gasteiger partial charge in [0, 0.05) is 19.2 Å². The number of hydrogen-bond acceptors (Lipinski definition) is 5. The Balaban J connectivity index is 1.44. The fourth-order valence-corrected chi connectivity index (χ4v) is 3.38. The van der Waals surface area contributed by atoms with Crippen LogP contribution in [0.25, 0.3) is 0 Å². The first-order valence-electron chi connectivity index (χ1n) is 8.49. The summed E-state index contributed by atoms with van der Waals surface area (Å²) in [6, 6.07) is 6.39. The first-order valence-corrected chi connectivity index (χ1v) is 8.49. The van der Waals surface area contributed by atoms with Crippen LogP contribution < -0.4 is 5.32 Å². The van der Waals surface area contributed by atoms with Gasteiger partial charge in [-0.2, -0.15) is 0 Å². The van der Waals surface area contributed by atoms with Gasteiger partial charge in [-0.25, -0.2) is 0 Å². The minimum Gasteiger partial charge on any atom is -0.508 e. The molecule has 2 aliphatic heterocycles. The smallest absolute Gasteiger partial charge is 0.254 e. The van der Waals surface area contributed by atoms with E-state index in [1.165, 1.54) is 13.2 Å². The molecule has 1 aromatic carbocycles. The molecule has 2 saturated heterocycles. The highest BCUT2D eigenvalue weighted by molar-refractivity contribution is 5.95. The number of phenols is 1. The van der Waals surface area contributed by atoms with Crippen molar-refractivity contribution in [3.63, 3.8) is 0 Å². The van der Waals surface area contributed by atoms with E-state index in [1.54, 1.807) is 23.1 Å². The molecule has 0 radical (unpaired) electrons. The zero-order chi connectivity index (χ0) is 17.9. The molecule has 3 rings (SSSR count). The maximum Gasteiger partial charge on any atom is 0.254 e. The summed E-state index contributed by atoms with van der Waals surface area (Å²) >= 11 is 0. The van der Waals surface area contributed by atoms with E-state index in [2.05, 4.69) is 5.32 Å². The lowest BCUT2D eigenvalue weighted by atomic mass is 9.82. The number of ether oxygens (including phenoxy) is 2. The number of carbonyl (C=O) groups excluding carboxylic acids is 2. The van der Waals surface area contributed by atoms with Crippen LogP contribution in [0.3, 0.4) is 0 Å². The molecule has 2 heterocycles. The van der Waals surface area contributed by atoms with Crippen LogP contribution >= 0.6 is 0 Å². The minimum atomic E-state index is -0.250. The van der Waals surface area contributed by atoms with Gasteiger partial charge in [-0.1, -0.05) is 6.07 Å². The third-order valence-electron chi connectivity index (χ3n) is 4.84. The standard InChI is InChI=1S/C18H24N2O5/c1-24-10-16(22)19-8-13-5-6-18(25-9-13)11-20(12-18)17(23)14-3-2-4-15(21)7-14/h2-4,7,13,21H,5-6,8-12H2,1H3,(H,19,22). The number of methoxy groups -OCH3 is 1. The van der Waals surface area contributed by atoms with Crippen molar-refractivity contribution in [1.82, 2.24) is 10.2 Å². The number of amides is 2. The predicted molar refractivity (Wildman–Crippen MR) is 90.3 cm³/mol. The number of aromatic hydroxyl groups is 1. The second-order valence-electron chi connectivity index (χ2n) is 6.85. The van der Waals surface area contributed by atoms with Crippen molar-refractivity contribution in [1.29, 1.82) is 0 Å². The van der Waals surface area contributed by atoms with E-state index >= 15 is 0 Å². The third kappa shape index (κ3) is 4.11. The molecule has 0 saturated carbocycles. The van der Waals surface area contributed by atoms with E-state index in [-0.39, 0.29) is 29.8 Å². The number of likely N-dealkylation sites (tertiary alicyclic amines) is 1. The van der Waals surface area contributed by atoms with Gasteiger partial charge < -0.3 is 24.8 Å². The highest BCUT2D eigenvalue weighted by atomic mass is 16.5. The molecule has 2 fully saturated rings. The summed E-state index contributed by atoms with van der Waals surface area (Å²) in [7, 11) is 1.49. The first kappa shape index (κ1) is 17.7. The van der Waals surface area contributed by atoms with Gasteiger partial charge in [-0.15, -0.1) is 0 Å². The molecule has 2 amide bonds. The van der Waals surface area contributed by atoms with Crippen molar-refractivity contribution >= 4 is 11.8 Å². The molecule has 136 valence electrons. The molecular weight excluding hydrogens is 324 g/mol. The van der Waals surface area contributed by atoms with Crippen molar-refractivity contribution in [3.8, 4) is 5.75 Å². The molecule has 1 unspecified atom stereocenters. The molecule has 0 aliphatic carbocycles. The van der Waals surface area contributed by atoms with Gasteiger partial charge in [0.1, 0.15) is 18.0 Å². The molecule has 25 heavy (non-hydrogen) atoms. The molecule has 2 aliphatic rings. The van der Waals surface area contributed by atoms with Crippen LogP contribution in [0.15, 0.2) is 24.3 Å². The number of nitrogens with one attached hydrogen (secondary N) is 1. The van der Waals surface area contributed by atoms with Gasteiger partial charge in [0.05, 0.1) is 19.7 Å². The zero-order valence-corrected chi connectivity index (χ0v) is 14.4. The maximum absolute atomic E-state index is 12.4. The summed E-state index contributed by atoms with van der Waals surface area (Å²) in [6.45, 7) is 2.39. The van der Waals surface area contributed by atoms with Gasteiger partial charge in [0.15, 0.2) is 0 Å². The summed E-state index contributed by atoms with van der Waals surface area (Å²) in [6.07, 6.45) is 1.84. The second-order valence-corrected chi connectivity index (χ2v) is 6.85. The van der Waals surface area contributed by atoms with E-state index in [9.17, 15) is 14.7 Å². The highest BCUT2D eigenvalue weighted by Crippen LogP contribution is 2.36. The fraction of sp³-hybridized carbons (Fsp3) is 0.556. The SMILES string of the molecule is COCC(=O)NCC1CCC2(CN(C(=O)c3cccc(O)c3)C2)OC1. The summed E-state index contributed by atoms with van der Waals surface area (Å²) in [5, 5.41) is 12.3. The first-order chi connectivity index (χ1) is 12.0. The number of rotatable bonds is 5. The van der Waals surface area contributed by atoms with Crippen LogP contribution in [0.1, 0.15) is 23.2 Å². The normalized spacial score (nSPS) is 21.6. The van der Waals surface area contributed by atoms with Crippen molar-refractivity contribution in [2.75, 3.05) is 40.0 Å². The lowest BCUT2D eigenvalue weighted by Gasteiger charge is -2.52. The monoisotopic (exact) mass is 348 g/mol. The van der Waals surface area contributed by atoms with Crippen molar-refractivity contribution in [2.24, 2.45) is 5.92 Å². The zero-order valence-electron chi connectivity index (χ0n) is 14.4. The molecule has 1 spiro atoms. The van der Waals surface area contributed by atoms with Gasteiger partial charge in [0.25, 0.3) is 5.91 Å². The molecule has 7 nitrogen and oxygen atoms in total. The van der Waals surface area contributed by atoms with Crippen molar-refractivity contribution in [3.05, 3.63) is 29.8 Å². The van der Waals surface area contributed by atoms with E-state index in [0.29, 0.717) is 37.7 Å². The molecule has 0 aromatic heterocycles. The predicted octanol–water partition coefficient (Wildman–Crippen LogP) is 0.776. The highest BCUT2D eigenvalue weighted by Gasteiger charge is 2.48. The topological polar surface area (TPSA) is 88.1 Å². The number of phenolic OH excluding ortho intramolecular Hbond substituents is 1. The van der Waals surface area contributed by atoms with E-state index < -0.39 is 0 Å². The molecule has 7 heteroatoms. The Morgan fingerprint density at radius 3 is 2.88 bits per heavy atom. The summed E-state index contributed by atoms with van der Waals surface area (Å²) in [5.74, 6) is 0.184. The Morgan fingerprint density at radius 1 is 1.44 bits per heavy atom. The quantitative estimate of drug-likeness (QED) is 0.821. The summed E-state index contributed by atoms with van der Waals surface area (Å²) in [5.41, 5.74) is 0.240. The van der Waals surface area contributed by atoms with Gasteiger partial charge in [0.2, 0.25) is 5.91 Å². The van der Waals surface area contributed by atoms with Crippen LogP contribution in [0.4, 0.5) is 0 Å². The second kappa shape index (κ2) is 7.41. The average Bonchev–Trinajstić information content (AvgIpc) is 2.58.